The molecule has 0 aromatic carbocycles. The summed E-state index contributed by atoms with van der Waals surface area (Å²) >= 11 is 0.780. The Bertz CT molecular complexity index is 120. The molecule has 0 rings (SSSR count). The van der Waals surface area contributed by atoms with E-state index in [4.69, 9.17) is 0 Å². The van der Waals surface area contributed by atoms with Crippen LogP contribution in [0.5, 0.6) is 0 Å². The summed E-state index contributed by atoms with van der Waals surface area (Å²) in [4.78, 5) is 9.64. The minimum Gasteiger partial charge on any atom is -0.691 e. The van der Waals surface area contributed by atoms with E-state index in [2.05, 4.69) is 14.1 Å². The Labute approximate surface area is 100 Å². The third-order valence-corrected chi connectivity index (χ3v) is 1.46. The first-order valence-electron chi connectivity index (χ1n) is 2.75. The third-order valence-electron chi connectivity index (χ3n) is 0.766. The minimum absolute atomic E-state index is 0. The van der Waals surface area contributed by atoms with Crippen molar-refractivity contribution in [3.8, 4) is 0 Å². The molecular weight excluding hydrogens is 261 g/mol. The molecule has 0 saturated heterocycles. The molecule has 0 aliphatic carbocycles. The van der Waals surface area contributed by atoms with E-state index in [0.29, 0.717) is 0 Å². The molecule has 0 fully saturated rings. The Morgan fingerprint density at radius 2 is 2.17 bits per heavy atom. The van der Waals surface area contributed by atoms with Gasteiger partial charge in [0.2, 0.25) is 0 Å². The SMILES string of the molecule is CC(C)(CO[C-]=O)SOO[O-].[Y]. The average Bonchev–Trinajstić information content (AvgIpc) is 1.97. The van der Waals surface area contributed by atoms with E-state index in [1.807, 2.05) is 0 Å². The first kappa shape index (κ1) is 15.3. The van der Waals surface area contributed by atoms with Crippen molar-refractivity contribution in [3.05, 3.63) is 0 Å². The Balaban J connectivity index is 0. The third kappa shape index (κ3) is 8.90. The van der Waals surface area contributed by atoms with Crippen LogP contribution in [0.2, 0.25) is 0 Å². The Morgan fingerprint density at radius 1 is 1.58 bits per heavy atom. The van der Waals surface area contributed by atoms with Crippen LogP contribution in [0, 0.1) is 0 Å². The standard InChI is InChI=1S/C5H9O5S.Y/c1-5(2,3-8-4-6)11-10-9-7;/h7H,3H2,1-2H3;/q-1;/p-1. The van der Waals surface area contributed by atoms with Gasteiger partial charge in [-0.25, -0.2) is 0 Å². The van der Waals surface area contributed by atoms with Crippen LogP contribution in [0.4, 0.5) is 0 Å². The monoisotopic (exact) mass is 269 g/mol. The zero-order valence-corrected chi connectivity index (χ0v) is 10.4. The van der Waals surface area contributed by atoms with Gasteiger partial charge in [-0.3, -0.25) is 5.04 Å². The number of hydrogen-bond acceptors (Lipinski definition) is 6. The fourth-order valence-corrected chi connectivity index (χ4v) is 0.652. The van der Waals surface area contributed by atoms with Gasteiger partial charge in [0, 0.05) is 44.8 Å². The first-order chi connectivity index (χ1) is 5.12. The average molecular weight is 269 g/mol. The maximum atomic E-state index is 9.64. The fourth-order valence-electron chi connectivity index (χ4n) is 0.333. The van der Waals surface area contributed by atoms with E-state index in [0.717, 1.165) is 12.0 Å². The predicted molar refractivity (Wildman–Crippen MR) is 35.5 cm³/mol. The molecule has 0 aromatic rings. The van der Waals surface area contributed by atoms with Crippen LogP contribution in [0.3, 0.4) is 0 Å². The van der Waals surface area contributed by atoms with Gasteiger partial charge in [-0.15, -0.1) is 0 Å². The normalized spacial score (nSPS) is 10.2. The molecule has 0 N–H and O–H groups in total. The van der Waals surface area contributed by atoms with Gasteiger partial charge in [0.05, 0.1) is 11.4 Å². The molecule has 12 heavy (non-hydrogen) atoms. The molecule has 0 atom stereocenters. The zero-order valence-electron chi connectivity index (χ0n) is 6.73. The summed E-state index contributed by atoms with van der Waals surface area (Å²) in [5.74, 6) is 0. The number of ether oxygens (including phenoxy) is 1. The summed E-state index contributed by atoms with van der Waals surface area (Å²) in [5, 5.41) is 12.5. The van der Waals surface area contributed by atoms with Crippen molar-refractivity contribution < 1.29 is 56.9 Å². The van der Waals surface area contributed by atoms with Gasteiger partial charge in [0.1, 0.15) is 0 Å². The van der Waals surface area contributed by atoms with Gasteiger partial charge in [-0.2, -0.15) is 4.33 Å². The van der Waals surface area contributed by atoms with Gasteiger partial charge in [-0.1, -0.05) is 6.47 Å². The molecule has 0 heterocycles. The summed E-state index contributed by atoms with van der Waals surface area (Å²) in [5.41, 5.74) is 0. The van der Waals surface area contributed by atoms with Gasteiger partial charge in [0.25, 0.3) is 0 Å². The Kier molecular flexibility index (Phi) is 10.7. The van der Waals surface area contributed by atoms with E-state index >= 15 is 0 Å². The van der Waals surface area contributed by atoms with E-state index < -0.39 is 4.75 Å². The van der Waals surface area contributed by atoms with E-state index in [9.17, 15) is 10.1 Å². The Morgan fingerprint density at radius 3 is 2.58 bits per heavy atom. The number of rotatable bonds is 6. The zero-order chi connectivity index (χ0) is 8.74. The summed E-state index contributed by atoms with van der Waals surface area (Å²) in [6, 6.07) is 0. The second-order valence-corrected chi connectivity index (χ2v) is 3.76. The largest absolute Gasteiger partial charge is 0.691 e. The molecule has 0 bridgehead atoms. The fraction of sp³-hybridized carbons (Fsp3) is 0.800. The van der Waals surface area contributed by atoms with Crippen LogP contribution in [0.1, 0.15) is 13.8 Å². The van der Waals surface area contributed by atoms with E-state index in [-0.39, 0.29) is 39.3 Å². The van der Waals surface area contributed by atoms with Crippen molar-refractivity contribution in [3.63, 3.8) is 0 Å². The molecule has 0 amide bonds. The molecule has 1 radical (unpaired) electrons. The van der Waals surface area contributed by atoms with Crippen LogP contribution >= 0.6 is 12.0 Å². The topological polar surface area (TPSA) is 67.8 Å². The molecule has 0 aliphatic heterocycles. The van der Waals surface area contributed by atoms with Crippen LogP contribution in [0.25, 0.3) is 0 Å². The van der Waals surface area contributed by atoms with Gasteiger partial charge >= 0.3 is 0 Å². The molecular formula is C5H8O5SY-2. The van der Waals surface area contributed by atoms with Gasteiger partial charge < -0.3 is 14.8 Å². The van der Waals surface area contributed by atoms with Crippen molar-refractivity contribution >= 4 is 18.5 Å². The molecule has 0 spiro atoms. The quantitative estimate of drug-likeness (QED) is 0.286. The molecule has 0 aliphatic rings. The Hall–Kier alpha value is 0.804. The number of hydrogen-bond donors (Lipinski definition) is 0. The first-order valence-corrected chi connectivity index (χ1v) is 3.50. The van der Waals surface area contributed by atoms with Crippen LogP contribution in [-0.2, 0) is 51.6 Å². The molecule has 69 valence electrons. The van der Waals surface area contributed by atoms with Crippen LogP contribution in [-0.4, -0.2) is 17.8 Å². The number of carbonyl (C=O) groups excluding carboxylic acids is 1. The van der Waals surface area contributed by atoms with Crippen molar-refractivity contribution in [2.24, 2.45) is 0 Å². The second-order valence-electron chi connectivity index (χ2n) is 2.35. The van der Waals surface area contributed by atoms with Crippen molar-refractivity contribution in [1.82, 2.24) is 0 Å². The second kappa shape index (κ2) is 8.40. The van der Waals surface area contributed by atoms with Crippen LogP contribution < -0.4 is 5.26 Å². The van der Waals surface area contributed by atoms with Crippen molar-refractivity contribution in [1.29, 1.82) is 0 Å². The summed E-state index contributed by atoms with van der Waals surface area (Å²) < 4.78 is 7.87. The smallest absolute Gasteiger partial charge is 0.0703 e. The summed E-state index contributed by atoms with van der Waals surface area (Å²) in [6.45, 7) is 4.80. The van der Waals surface area contributed by atoms with E-state index in [1.54, 1.807) is 13.8 Å². The summed E-state index contributed by atoms with van der Waals surface area (Å²) in [6.07, 6.45) is 0. The maximum absolute atomic E-state index is 9.64. The molecule has 5 nitrogen and oxygen atoms in total. The van der Waals surface area contributed by atoms with Gasteiger partial charge in [0.15, 0.2) is 0 Å². The van der Waals surface area contributed by atoms with Crippen molar-refractivity contribution in [2.45, 2.75) is 18.6 Å². The van der Waals surface area contributed by atoms with Crippen molar-refractivity contribution in [2.75, 3.05) is 6.61 Å². The molecule has 0 saturated carbocycles. The maximum Gasteiger partial charge on any atom is 0.0703 e. The van der Waals surface area contributed by atoms with E-state index in [1.165, 1.54) is 6.47 Å². The predicted octanol–water partition coefficient (Wildman–Crippen LogP) is -0.282. The summed E-state index contributed by atoms with van der Waals surface area (Å²) in [7, 11) is 0. The molecule has 0 aromatic heterocycles. The molecule has 0 unspecified atom stereocenters. The van der Waals surface area contributed by atoms with Gasteiger partial charge in [-0.05, 0) is 13.8 Å². The van der Waals surface area contributed by atoms with Crippen LogP contribution in [0.15, 0.2) is 0 Å². The minimum atomic E-state index is -0.512. The molecule has 7 heteroatoms.